The van der Waals surface area contributed by atoms with E-state index in [-0.39, 0.29) is 12.0 Å². The normalized spacial score (nSPS) is 14.3. The summed E-state index contributed by atoms with van der Waals surface area (Å²) in [4.78, 5) is 12.8. The average molecular weight is 532 g/mol. The fourth-order valence-electron chi connectivity index (χ4n) is 3.62. The lowest BCUT2D eigenvalue weighted by molar-refractivity contribution is 0.398. The molecule has 36 heavy (non-hydrogen) atoms. The summed E-state index contributed by atoms with van der Waals surface area (Å²) in [5.74, 6) is 0.644. The minimum atomic E-state index is -3.94. The third-order valence-corrected chi connectivity index (χ3v) is 7.98. The van der Waals surface area contributed by atoms with E-state index in [4.69, 9.17) is 16.3 Å². The van der Waals surface area contributed by atoms with Crippen LogP contribution in [0.3, 0.4) is 0 Å². The van der Waals surface area contributed by atoms with Gasteiger partial charge in [-0.1, -0.05) is 24.6 Å². The zero-order chi connectivity index (χ0) is 26.0. The van der Waals surface area contributed by atoms with Crippen LogP contribution in [0.2, 0.25) is 5.02 Å². The van der Waals surface area contributed by atoms with Crippen molar-refractivity contribution < 1.29 is 13.2 Å². The lowest BCUT2D eigenvalue weighted by Crippen LogP contribution is -2.32. The number of nitrogens with one attached hydrogen (secondary N) is 1. The van der Waals surface area contributed by atoms with Crippen molar-refractivity contribution in [1.29, 1.82) is 0 Å². The number of hydrogen-bond acceptors (Lipinski definition) is 9. The molecular weight excluding hydrogens is 506 g/mol. The number of hydrogen-bond donors (Lipinski definition) is 1. The summed E-state index contributed by atoms with van der Waals surface area (Å²) in [6.07, 6.45) is 6.42. The van der Waals surface area contributed by atoms with Crippen molar-refractivity contribution >= 4 is 27.6 Å². The van der Waals surface area contributed by atoms with Gasteiger partial charge >= 0.3 is 0 Å². The third kappa shape index (κ3) is 5.16. The number of nitrogens with zero attached hydrogens (tertiary/aromatic N) is 8. The van der Waals surface area contributed by atoms with Crippen molar-refractivity contribution in [3.63, 3.8) is 0 Å². The quantitative estimate of drug-likeness (QED) is 0.344. The van der Waals surface area contributed by atoms with Crippen molar-refractivity contribution in [2.75, 3.05) is 11.8 Å². The summed E-state index contributed by atoms with van der Waals surface area (Å²) in [6, 6.07) is 4.86. The van der Waals surface area contributed by atoms with Gasteiger partial charge in [0.25, 0.3) is 0 Å². The minimum Gasteiger partial charge on any atom is -0.481 e. The molecule has 0 aliphatic rings. The van der Waals surface area contributed by atoms with Gasteiger partial charge in [0.2, 0.25) is 21.9 Å². The smallest absolute Gasteiger partial charge is 0.239 e. The summed E-state index contributed by atoms with van der Waals surface area (Å²) in [5.41, 5.74) is 1.30. The number of halogens is 1. The van der Waals surface area contributed by atoms with E-state index in [1.807, 2.05) is 13.1 Å². The summed E-state index contributed by atoms with van der Waals surface area (Å²) in [5, 5.41) is 12.2. The molecule has 0 fully saturated rings. The molecule has 4 aromatic heterocycles. The maximum absolute atomic E-state index is 13.4. The summed E-state index contributed by atoms with van der Waals surface area (Å²) in [6.45, 7) is 5.22. The molecule has 3 atom stereocenters. The predicted octanol–water partition coefficient (Wildman–Crippen LogP) is 3.07. The van der Waals surface area contributed by atoms with Gasteiger partial charge in [0.1, 0.15) is 11.5 Å². The van der Waals surface area contributed by atoms with Crippen LogP contribution in [0.5, 0.6) is 5.88 Å². The second-order valence-electron chi connectivity index (χ2n) is 8.31. The van der Waals surface area contributed by atoms with Gasteiger partial charge in [0, 0.05) is 43.2 Å². The van der Waals surface area contributed by atoms with Gasteiger partial charge in [-0.05, 0) is 19.9 Å². The van der Waals surface area contributed by atoms with Gasteiger partial charge in [-0.2, -0.15) is 5.10 Å². The Balaban J connectivity index is 1.73. The van der Waals surface area contributed by atoms with Crippen LogP contribution in [0, 0.1) is 0 Å². The Morgan fingerprint density at radius 2 is 1.81 bits per heavy atom. The first-order valence-electron chi connectivity index (χ1n) is 11.0. The molecule has 4 aromatic rings. The highest BCUT2D eigenvalue weighted by molar-refractivity contribution is 7.93. The Labute approximate surface area is 213 Å². The number of aromatic nitrogens is 8. The minimum absolute atomic E-state index is 0.0436. The number of pyridine rings is 1. The number of rotatable bonds is 9. The Bertz CT molecular complexity index is 1450. The SMILES string of the molecule is COc1cccc(-c2nnc(NS(=O)(=O)[C@@H](C)[C@H](C)c3ncc(Cl)cn3)n2[C@H](C)c2cnn(C)c2)n1. The zero-order valence-corrected chi connectivity index (χ0v) is 21.9. The van der Waals surface area contributed by atoms with Crippen molar-refractivity contribution in [3.8, 4) is 17.4 Å². The van der Waals surface area contributed by atoms with Gasteiger partial charge in [-0.3, -0.25) is 14.0 Å². The third-order valence-electron chi connectivity index (χ3n) is 5.93. The van der Waals surface area contributed by atoms with Gasteiger partial charge in [-0.15, -0.1) is 10.2 Å². The Morgan fingerprint density at radius 3 is 2.44 bits per heavy atom. The predicted molar refractivity (Wildman–Crippen MR) is 134 cm³/mol. The van der Waals surface area contributed by atoms with Crippen LogP contribution >= 0.6 is 11.6 Å². The Hall–Kier alpha value is -3.58. The van der Waals surface area contributed by atoms with Crippen molar-refractivity contribution in [2.24, 2.45) is 7.05 Å². The van der Waals surface area contributed by atoms with Crippen LogP contribution in [-0.2, 0) is 17.1 Å². The molecule has 0 radical (unpaired) electrons. The lowest BCUT2D eigenvalue weighted by Gasteiger charge is -2.22. The van der Waals surface area contributed by atoms with Crippen LogP contribution < -0.4 is 9.46 Å². The monoisotopic (exact) mass is 531 g/mol. The molecule has 0 bridgehead atoms. The molecule has 1 N–H and O–H groups in total. The van der Waals surface area contributed by atoms with E-state index in [0.717, 1.165) is 5.56 Å². The molecule has 4 rings (SSSR count). The van der Waals surface area contributed by atoms with Gasteiger partial charge in [0.05, 0.1) is 29.6 Å². The molecule has 0 saturated carbocycles. The topological polar surface area (TPSA) is 143 Å². The van der Waals surface area contributed by atoms with Crippen molar-refractivity contribution in [1.82, 2.24) is 39.5 Å². The first-order chi connectivity index (χ1) is 17.1. The largest absolute Gasteiger partial charge is 0.481 e. The summed E-state index contributed by atoms with van der Waals surface area (Å²) < 4.78 is 38.0. The first kappa shape index (κ1) is 25.5. The number of anilines is 1. The van der Waals surface area contributed by atoms with Gasteiger partial charge in [0.15, 0.2) is 5.82 Å². The molecule has 0 aliphatic carbocycles. The molecule has 0 amide bonds. The van der Waals surface area contributed by atoms with E-state index >= 15 is 0 Å². The Morgan fingerprint density at radius 1 is 1.08 bits per heavy atom. The van der Waals surface area contributed by atoms with E-state index in [0.29, 0.717) is 28.2 Å². The van der Waals surface area contributed by atoms with Gasteiger partial charge in [-0.25, -0.2) is 23.4 Å². The maximum atomic E-state index is 13.4. The molecular formula is C22H26ClN9O3S. The van der Waals surface area contributed by atoms with Crippen molar-refractivity contribution in [3.05, 3.63) is 59.4 Å². The first-order valence-corrected chi connectivity index (χ1v) is 13.0. The number of methoxy groups -OCH3 is 1. The average Bonchev–Trinajstić information content (AvgIpc) is 3.49. The summed E-state index contributed by atoms with van der Waals surface area (Å²) in [7, 11) is -0.618. The number of sulfonamides is 1. The van der Waals surface area contributed by atoms with E-state index < -0.39 is 21.2 Å². The fraction of sp³-hybridized carbons (Fsp3) is 0.364. The molecule has 0 saturated heterocycles. The zero-order valence-electron chi connectivity index (χ0n) is 20.4. The highest BCUT2D eigenvalue weighted by atomic mass is 35.5. The van der Waals surface area contributed by atoms with Gasteiger partial charge < -0.3 is 4.74 Å². The Kier molecular flexibility index (Phi) is 7.22. The summed E-state index contributed by atoms with van der Waals surface area (Å²) >= 11 is 5.87. The number of aryl methyl sites for hydroxylation is 1. The molecule has 14 heteroatoms. The molecule has 0 spiro atoms. The van der Waals surface area contributed by atoms with E-state index in [1.54, 1.807) is 54.5 Å². The van der Waals surface area contributed by atoms with Crippen LogP contribution in [0.1, 0.15) is 44.1 Å². The van der Waals surface area contributed by atoms with Crippen LogP contribution in [0.15, 0.2) is 43.0 Å². The molecule has 0 aliphatic heterocycles. The van der Waals surface area contributed by atoms with Crippen LogP contribution in [-0.4, -0.2) is 60.3 Å². The molecule has 4 heterocycles. The van der Waals surface area contributed by atoms with E-state index in [2.05, 4.69) is 35.0 Å². The second-order valence-corrected chi connectivity index (χ2v) is 10.8. The van der Waals surface area contributed by atoms with Crippen LogP contribution in [0.4, 0.5) is 5.95 Å². The fourth-order valence-corrected chi connectivity index (χ4v) is 4.95. The molecule has 12 nitrogen and oxygen atoms in total. The van der Waals surface area contributed by atoms with Crippen molar-refractivity contribution in [2.45, 2.75) is 38.0 Å². The van der Waals surface area contributed by atoms with E-state index in [1.165, 1.54) is 19.5 Å². The molecule has 0 aromatic carbocycles. The lowest BCUT2D eigenvalue weighted by atomic mass is 10.1. The highest BCUT2D eigenvalue weighted by Gasteiger charge is 2.32. The standard InChI is InChI=1S/C22H26ClN9O3S/c1-13(20-24-10-17(23)11-25-20)15(3)36(33,34)30-22-29-28-21(18-7-6-8-19(27-18)35-5)32(22)14(2)16-9-26-31(4)12-16/h6-15H,1-5H3,(H,29,30)/t13-,14+,15-/m0/s1. The van der Waals surface area contributed by atoms with E-state index in [9.17, 15) is 8.42 Å². The highest BCUT2D eigenvalue weighted by Crippen LogP contribution is 2.30. The molecule has 0 unspecified atom stereocenters. The van der Waals surface area contributed by atoms with Crippen LogP contribution in [0.25, 0.3) is 11.5 Å². The second kappa shape index (κ2) is 10.2. The molecule has 190 valence electrons. The maximum Gasteiger partial charge on any atom is 0.239 e. The number of ether oxygens (including phenoxy) is 1.